The van der Waals surface area contributed by atoms with Crippen LogP contribution in [-0.4, -0.2) is 26.9 Å². The number of aliphatic imine (C=N–C) groups is 1. The molecule has 1 heterocycles. The molecule has 1 aliphatic rings. The summed E-state index contributed by atoms with van der Waals surface area (Å²) in [4.78, 5) is 19.1. The van der Waals surface area contributed by atoms with Gasteiger partial charge in [-0.1, -0.05) is 26.7 Å². The van der Waals surface area contributed by atoms with Crippen LogP contribution in [0.2, 0.25) is 0 Å². The van der Waals surface area contributed by atoms with Crippen molar-refractivity contribution >= 4 is 18.4 Å². The molecule has 0 aromatic carbocycles. The zero-order chi connectivity index (χ0) is 15.6. The van der Waals surface area contributed by atoms with E-state index in [0.717, 1.165) is 12.8 Å². The van der Waals surface area contributed by atoms with Gasteiger partial charge in [0.15, 0.2) is 4.77 Å². The van der Waals surface area contributed by atoms with Gasteiger partial charge in [-0.2, -0.15) is 0 Å². The topological polar surface area (TPSA) is 70.4 Å². The van der Waals surface area contributed by atoms with Gasteiger partial charge in [0.25, 0.3) is 5.56 Å². The summed E-state index contributed by atoms with van der Waals surface area (Å²) in [5.74, 6) is 1.03. The van der Waals surface area contributed by atoms with Crippen LogP contribution < -0.4 is 5.56 Å². The summed E-state index contributed by atoms with van der Waals surface area (Å²) in [5.41, 5.74) is -0.196. The predicted molar refractivity (Wildman–Crippen MR) is 86.8 cm³/mol. The van der Waals surface area contributed by atoms with Crippen LogP contribution in [0.5, 0.6) is 5.88 Å². The molecule has 1 aromatic rings. The Morgan fingerprint density at radius 1 is 1.48 bits per heavy atom. The average Bonchev–Trinajstić information content (AvgIpc) is 2.43. The number of hydrogen-bond donors (Lipinski definition) is 2. The molecule has 0 saturated heterocycles. The molecule has 0 radical (unpaired) electrons. The Hall–Kier alpha value is -1.43. The van der Waals surface area contributed by atoms with Gasteiger partial charge in [0.1, 0.15) is 5.56 Å². The van der Waals surface area contributed by atoms with Gasteiger partial charge in [0.05, 0.1) is 6.04 Å². The van der Waals surface area contributed by atoms with Crippen LogP contribution in [0.1, 0.15) is 45.6 Å². The first-order valence-electron chi connectivity index (χ1n) is 7.55. The molecule has 0 unspecified atom stereocenters. The van der Waals surface area contributed by atoms with Crippen LogP contribution in [0.25, 0.3) is 0 Å². The highest BCUT2D eigenvalue weighted by molar-refractivity contribution is 7.71. The highest BCUT2D eigenvalue weighted by Gasteiger charge is 2.26. The molecule has 1 saturated carbocycles. The van der Waals surface area contributed by atoms with Gasteiger partial charge in [-0.3, -0.25) is 19.3 Å². The summed E-state index contributed by atoms with van der Waals surface area (Å²) in [7, 11) is 0. The van der Waals surface area contributed by atoms with Crippen molar-refractivity contribution in [2.45, 2.75) is 52.6 Å². The van der Waals surface area contributed by atoms with Gasteiger partial charge in [0.2, 0.25) is 5.88 Å². The maximum atomic E-state index is 12.0. The minimum atomic E-state index is -0.387. The maximum Gasteiger partial charge on any atom is 0.264 e. The first kappa shape index (κ1) is 15.9. The van der Waals surface area contributed by atoms with Crippen LogP contribution in [0.3, 0.4) is 0 Å². The second-order valence-electron chi connectivity index (χ2n) is 5.85. The van der Waals surface area contributed by atoms with Crippen molar-refractivity contribution in [3.05, 3.63) is 20.7 Å². The Kier molecular flexibility index (Phi) is 4.98. The monoisotopic (exact) mass is 309 g/mol. The molecular weight excluding hydrogens is 286 g/mol. The van der Waals surface area contributed by atoms with Gasteiger partial charge >= 0.3 is 0 Å². The van der Waals surface area contributed by atoms with Crippen molar-refractivity contribution in [3.8, 4) is 5.88 Å². The van der Waals surface area contributed by atoms with Gasteiger partial charge in [-0.25, -0.2) is 0 Å². The lowest BCUT2D eigenvalue weighted by atomic mass is 9.78. The molecule has 2 rings (SSSR count). The second kappa shape index (κ2) is 6.56. The Labute approximate surface area is 129 Å². The number of hydrogen-bond acceptors (Lipinski definition) is 4. The normalized spacial score (nSPS) is 26.3. The van der Waals surface area contributed by atoms with E-state index in [-0.39, 0.29) is 27.8 Å². The fourth-order valence-electron chi connectivity index (χ4n) is 2.92. The molecule has 0 amide bonds. The number of aromatic nitrogens is 2. The van der Waals surface area contributed by atoms with Crippen LogP contribution >= 0.6 is 12.2 Å². The highest BCUT2D eigenvalue weighted by atomic mass is 32.1. The number of aromatic hydroxyl groups is 1. The molecule has 1 aliphatic carbocycles. The Balaban J connectivity index is 2.33. The zero-order valence-corrected chi connectivity index (χ0v) is 13.6. The number of rotatable bonds is 3. The van der Waals surface area contributed by atoms with E-state index >= 15 is 0 Å². The van der Waals surface area contributed by atoms with E-state index < -0.39 is 0 Å². The van der Waals surface area contributed by atoms with Crippen molar-refractivity contribution < 1.29 is 5.11 Å². The van der Waals surface area contributed by atoms with Crippen LogP contribution in [-0.2, 0) is 6.54 Å². The van der Waals surface area contributed by atoms with Crippen molar-refractivity contribution in [2.24, 2.45) is 16.8 Å². The van der Waals surface area contributed by atoms with Crippen molar-refractivity contribution in [3.63, 3.8) is 0 Å². The standard InChI is InChI=1S/C15H23N3O2S/c1-4-18-14(20)11(13(19)17-15(18)21)8-16-12-7-5-6-9(2)10(12)3/h8-10,12,20H,4-7H2,1-3H3,(H,17,19,21)/t9-,10-,12+/m0/s1. The lowest BCUT2D eigenvalue weighted by Crippen LogP contribution is -2.28. The molecule has 1 fully saturated rings. The van der Waals surface area contributed by atoms with Crippen molar-refractivity contribution in [1.82, 2.24) is 9.55 Å². The van der Waals surface area contributed by atoms with Crippen LogP contribution in [0.4, 0.5) is 0 Å². The third-order valence-corrected chi connectivity index (χ3v) is 4.90. The summed E-state index contributed by atoms with van der Waals surface area (Å²) >= 11 is 5.03. The van der Waals surface area contributed by atoms with E-state index in [2.05, 4.69) is 23.8 Å². The third-order valence-electron chi connectivity index (χ3n) is 4.58. The van der Waals surface area contributed by atoms with Crippen molar-refractivity contribution in [1.29, 1.82) is 0 Å². The molecular formula is C15H23N3O2S. The average molecular weight is 309 g/mol. The van der Waals surface area contributed by atoms with Gasteiger partial charge in [-0.05, 0) is 37.4 Å². The van der Waals surface area contributed by atoms with Gasteiger partial charge in [0, 0.05) is 12.8 Å². The molecule has 3 atom stereocenters. The van der Waals surface area contributed by atoms with E-state index in [1.54, 1.807) is 0 Å². The van der Waals surface area contributed by atoms with E-state index in [1.807, 2.05) is 6.92 Å². The quantitative estimate of drug-likeness (QED) is 0.666. The van der Waals surface area contributed by atoms with Gasteiger partial charge < -0.3 is 5.11 Å². The second-order valence-corrected chi connectivity index (χ2v) is 6.24. The molecule has 0 bridgehead atoms. The van der Waals surface area contributed by atoms with Crippen LogP contribution in [0, 0.1) is 16.6 Å². The van der Waals surface area contributed by atoms with E-state index in [0.29, 0.717) is 18.4 Å². The smallest absolute Gasteiger partial charge is 0.264 e. The number of nitrogens with one attached hydrogen (secondary N) is 1. The molecule has 21 heavy (non-hydrogen) atoms. The van der Waals surface area contributed by atoms with E-state index in [9.17, 15) is 9.90 Å². The molecule has 1 aromatic heterocycles. The lowest BCUT2D eigenvalue weighted by Gasteiger charge is -2.31. The summed E-state index contributed by atoms with van der Waals surface area (Å²) in [6.07, 6.45) is 4.94. The third kappa shape index (κ3) is 3.26. The van der Waals surface area contributed by atoms with Crippen molar-refractivity contribution in [2.75, 3.05) is 0 Å². The molecule has 0 spiro atoms. The fourth-order valence-corrected chi connectivity index (χ4v) is 3.23. The number of H-pyrrole nitrogens is 1. The molecule has 0 aliphatic heterocycles. The summed E-state index contributed by atoms with van der Waals surface area (Å²) in [5, 5.41) is 10.2. The largest absolute Gasteiger partial charge is 0.494 e. The predicted octanol–water partition coefficient (Wildman–Crippen LogP) is 2.87. The zero-order valence-electron chi connectivity index (χ0n) is 12.8. The first-order valence-corrected chi connectivity index (χ1v) is 7.95. The Morgan fingerprint density at radius 3 is 2.86 bits per heavy atom. The number of aromatic amines is 1. The fraction of sp³-hybridized carbons (Fsp3) is 0.667. The highest BCUT2D eigenvalue weighted by Crippen LogP contribution is 2.31. The Bertz CT molecular complexity index is 647. The first-order chi connectivity index (χ1) is 9.95. The Morgan fingerprint density at radius 2 is 2.19 bits per heavy atom. The summed E-state index contributed by atoms with van der Waals surface area (Å²) < 4.78 is 1.72. The molecule has 6 heteroatoms. The summed E-state index contributed by atoms with van der Waals surface area (Å²) in [6, 6.07) is 0.214. The lowest BCUT2D eigenvalue weighted by molar-refractivity contribution is 0.242. The molecule has 5 nitrogen and oxygen atoms in total. The van der Waals surface area contributed by atoms with E-state index in [4.69, 9.17) is 12.2 Å². The molecule has 2 N–H and O–H groups in total. The minimum Gasteiger partial charge on any atom is -0.494 e. The summed E-state index contributed by atoms with van der Waals surface area (Å²) in [6.45, 7) is 6.81. The molecule has 116 valence electrons. The van der Waals surface area contributed by atoms with E-state index in [1.165, 1.54) is 17.2 Å². The number of nitrogens with zero attached hydrogens (tertiary/aromatic N) is 2. The SMILES string of the molecule is CCn1c(O)c(C=N[C@@H]2CCC[C@H](C)[C@@H]2C)c(=O)[nH]c1=S. The van der Waals surface area contributed by atoms with Gasteiger partial charge in [-0.15, -0.1) is 0 Å². The maximum absolute atomic E-state index is 12.0. The van der Waals surface area contributed by atoms with Crippen LogP contribution in [0.15, 0.2) is 9.79 Å². The minimum absolute atomic E-state index is 0.105.